The molecule has 0 saturated heterocycles. The van der Waals surface area contributed by atoms with Gasteiger partial charge in [-0.1, -0.05) is 6.07 Å². The average molecular weight is 225 g/mol. The van der Waals surface area contributed by atoms with E-state index < -0.39 is 0 Å². The third kappa shape index (κ3) is 4.22. The highest BCUT2D eigenvalue weighted by atomic mass is 35.5. The van der Waals surface area contributed by atoms with Gasteiger partial charge in [-0.3, -0.25) is 0 Å². The molecule has 5 heteroatoms. The molecule has 1 rings (SSSR count). The number of rotatable bonds is 2. The number of anilines is 2. The topological polar surface area (TPSA) is 72.3 Å². The van der Waals surface area contributed by atoms with Gasteiger partial charge in [0.2, 0.25) is 0 Å². The molecule has 1 aromatic rings. The number of nitrogens with two attached hydrogens (primary N) is 2. The second kappa shape index (κ2) is 6.83. The minimum atomic E-state index is 0. The van der Waals surface area contributed by atoms with E-state index in [1.165, 1.54) is 0 Å². The van der Waals surface area contributed by atoms with E-state index in [4.69, 9.17) is 16.6 Å². The fourth-order valence-corrected chi connectivity index (χ4v) is 0.962. The first kappa shape index (κ1) is 14.9. The van der Waals surface area contributed by atoms with Gasteiger partial charge in [0.1, 0.15) is 0 Å². The summed E-state index contributed by atoms with van der Waals surface area (Å²) in [7, 11) is 0. The van der Waals surface area contributed by atoms with Crippen LogP contribution in [0.3, 0.4) is 0 Å². The molecule has 1 aromatic carbocycles. The lowest BCUT2D eigenvalue weighted by atomic mass is 10.1. The highest BCUT2D eigenvalue weighted by Gasteiger charge is 1.97. The van der Waals surface area contributed by atoms with E-state index in [0.29, 0.717) is 17.8 Å². The Morgan fingerprint density at radius 2 is 1.77 bits per heavy atom. The Labute approximate surface area is 89.9 Å². The predicted octanol–water partition coefficient (Wildman–Crippen LogP) is 1.23. The maximum absolute atomic E-state index is 8.63. The summed E-state index contributed by atoms with van der Waals surface area (Å²) in [6.07, 6.45) is 0.589. The molecule has 3 nitrogen and oxygen atoms in total. The molecule has 0 saturated carbocycles. The Balaban J connectivity index is 0. The summed E-state index contributed by atoms with van der Waals surface area (Å²) in [6.45, 7) is 0.119. The van der Waals surface area contributed by atoms with Gasteiger partial charge < -0.3 is 16.6 Å². The lowest BCUT2D eigenvalue weighted by Crippen LogP contribution is -1.98. The lowest BCUT2D eigenvalue weighted by molar-refractivity contribution is 0.300. The number of aliphatic hydroxyl groups is 1. The van der Waals surface area contributed by atoms with E-state index in [1.54, 1.807) is 12.1 Å². The van der Waals surface area contributed by atoms with Crippen LogP contribution in [-0.2, 0) is 6.42 Å². The zero-order valence-electron chi connectivity index (χ0n) is 7.06. The van der Waals surface area contributed by atoms with Crippen LogP contribution < -0.4 is 11.5 Å². The Bertz CT molecular complexity index is 256. The van der Waals surface area contributed by atoms with Crippen molar-refractivity contribution in [3.05, 3.63) is 23.8 Å². The number of aliphatic hydroxyl groups excluding tert-OH is 1. The molecule has 0 heterocycles. The fourth-order valence-electron chi connectivity index (χ4n) is 0.962. The van der Waals surface area contributed by atoms with Crippen molar-refractivity contribution >= 4 is 36.2 Å². The molecule has 76 valence electrons. The SMILES string of the molecule is Cl.Cl.Nc1ccc(CCO)c(N)c1. The van der Waals surface area contributed by atoms with Crippen LogP contribution in [0.5, 0.6) is 0 Å². The summed E-state index contributed by atoms with van der Waals surface area (Å²) in [4.78, 5) is 0. The smallest absolute Gasteiger partial charge is 0.0472 e. The Morgan fingerprint density at radius 1 is 1.15 bits per heavy atom. The minimum absolute atomic E-state index is 0. The normalized spacial score (nSPS) is 8.38. The van der Waals surface area contributed by atoms with Crippen LogP contribution >= 0.6 is 24.8 Å². The maximum atomic E-state index is 8.63. The second-order valence-corrected chi connectivity index (χ2v) is 2.43. The predicted molar refractivity (Wildman–Crippen MR) is 60.6 cm³/mol. The lowest BCUT2D eigenvalue weighted by Gasteiger charge is -2.03. The van der Waals surface area contributed by atoms with Crippen molar-refractivity contribution < 1.29 is 5.11 Å². The van der Waals surface area contributed by atoms with Gasteiger partial charge in [0.05, 0.1) is 0 Å². The molecule has 0 aliphatic carbocycles. The summed E-state index contributed by atoms with van der Waals surface area (Å²) < 4.78 is 0. The molecule has 0 unspecified atom stereocenters. The van der Waals surface area contributed by atoms with Crippen LogP contribution in [-0.4, -0.2) is 11.7 Å². The van der Waals surface area contributed by atoms with Gasteiger partial charge in [-0.25, -0.2) is 0 Å². The molecule has 0 bridgehead atoms. The van der Waals surface area contributed by atoms with Crippen LogP contribution in [0.15, 0.2) is 18.2 Å². The molecular formula is C8H14Cl2N2O. The zero-order chi connectivity index (χ0) is 8.27. The van der Waals surface area contributed by atoms with Crippen LogP contribution in [0.25, 0.3) is 0 Å². The molecule has 0 fully saturated rings. The van der Waals surface area contributed by atoms with E-state index in [2.05, 4.69) is 0 Å². The molecule has 0 spiro atoms. The number of nitrogen functional groups attached to an aromatic ring is 2. The first-order chi connectivity index (χ1) is 5.24. The van der Waals surface area contributed by atoms with E-state index >= 15 is 0 Å². The van der Waals surface area contributed by atoms with Crippen LogP contribution in [0.1, 0.15) is 5.56 Å². The molecule has 13 heavy (non-hydrogen) atoms. The molecule has 0 aliphatic heterocycles. The van der Waals surface area contributed by atoms with Gasteiger partial charge >= 0.3 is 0 Å². The fraction of sp³-hybridized carbons (Fsp3) is 0.250. The van der Waals surface area contributed by atoms with Crippen molar-refractivity contribution in [2.24, 2.45) is 0 Å². The Kier molecular flexibility index (Phi) is 7.81. The van der Waals surface area contributed by atoms with Gasteiger partial charge in [-0.2, -0.15) is 0 Å². The second-order valence-electron chi connectivity index (χ2n) is 2.43. The standard InChI is InChI=1S/C8H12N2O.2ClH/c9-7-2-1-6(3-4-11)8(10)5-7;;/h1-2,5,11H,3-4,9-10H2;2*1H. The highest BCUT2D eigenvalue weighted by molar-refractivity contribution is 5.85. The van der Waals surface area contributed by atoms with Gasteiger partial charge in [0.25, 0.3) is 0 Å². The third-order valence-corrected chi connectivity index (χ3v) is 1.55. The number of hydrogen-bond acceptors (Lipinski definition) is 3. The summed E-state index contributed by atoms with van der Waals surface area (Å²) >= 11 is 0. The van der Waals surface area contributed by atoms with Gasteiger partial charge in [0.15, 0.2) is 0 Å². The van der Waals surface area contributed by atoms with Gasteiger partial charge in [-0.05, 0) is 24.1 Å². The summed E-state index contributed by atoms with van der Waals surface area (Å²) in [6, 6.07) is 5.31. The van der Waals surface area contributed by atoms with E-state index in [9.17, 15) is 0 Å². The molecule has 0 aromatic heterocycles. The summed E-state index contributed by atoms with van der Waals surface area (Å²) in [5.74, 6) is 0. The highest BCUT2D eigenvalue weighted by Crippen LogP contribution is 2.15. The van der Waals surface area contributed by atoms with Crippen LogP contribution in [0.4, 0.5) is 11.4 Å². The third-order valence-electron chi connectivity index (χ3n) is 1.55. The molecule has 0 amide bonds. The van der Waals surface area contributed by atoms with E-state index in [0.717, 1.165) is 5.56 Å². The van der Waals surface area contributed by atoms with Crippen molar-refractivity contribution in [2.75, 3.05) is 18.1 Å². The van der Waals surface area contributed by atoms with Crippen LogP contribution in [0.2, 0.25) is 0 Å². The first-order valence-electron chi connectivity index (χ1n) is 3.49. The minimum Gasteiger partial charge on any atom is -0.399 e. The molecule has 0 atom stereocenters. The van der Waals surface area contributed by atoms with Gasteiger partial charge in [0, 0.05) is 18.0 Å². The number of halogens is 2. The summed E-state index contributed by atoms with van der Waals surface area (Å²) in [5.41, 5.74) is 13.4. The van der Waals surface area contributed by atoms with Crippen molar-refractivity contribution in [1.29, 1.82) is 0 Å². The molecule has 5 N–H and O–H groups in total. The summed E-state index contributed by atoms with van der Waals surface area (Å²) in [5, 5.41) is 8.63. The van der Waals surface area contributed by atoms with Crippen molar-refractivity contribution in [1.82, 2.24) is 0 Å². The van der Waals surface area contributed by atoms with Gasteiger partial charge in [-0.15, -0.1) is 24.8 Å². The number of benzene rings is 1. The average Bonchev–Trinajstić information content (AvgIpc) is 1.95. The van der Waals surface area contributed by atoms with Crippen molar-refractivity contribution in [2.45, 2.75) is 6.42 Å². The Hall–Kier alpha value is -0.640. The first-order valence-corrected chi connectivity index (χ1v) is 3.49. The monoisotopic (exact) mass is 224 g/mol. The Morgan fingerprint density at radius 3 is 2.23 bits per heavy atom. The molecule has 0 aliphatic rings. The molecular weight excluding hydrogens is 211 g/mol. The van der Waals surface area contributed by atoms with E-state index in [-0.39, 0.29) is 31.4 Å². The van der Waals surface area contributed by atoms with E-state index in [1.807, 2.05) is 6.07 Å². The zero-order valence-corrected chi connectivity index (χ0v) is 8.70. The molecule has 0 radical (unpaired) electrons. The maximum Gasteiger partial charge on any atom is 0.0472 e. The number of hydrogen-bond donors (Lipinski definition) is 3. The largest absolute Gasteiger partial charge is 0.399 e. The van der Waals surface area contributed by atoms with Crippen molar-refractivity contribution in [3.8, 4) is 0 Å². The quantitative estimate of drug-likeness (QED) is 0.663. The van der Waals surface area contributed by atoms with Crippen molar-refractivity contribution in [3.63, 3.8) is 0 Å². The van der Waals surface area contributed by atoms with Crippen LogP contribution in [0, 0.1) is 0 Å².